The van der Waals surface area contributed by atoms with Crippen LogP contribution in [0.3, 0.4) is 0 Å². The lowest BCUT2D eigenvalue weighted by Gasteiger charge is -2.02. The van der Waals surface area contributed by atoms with Crippen LogP contribution in [0.5, 0.6) is 5.75 Å². The summed E-state index contributed by atoms with van der Waals surface area (Å²) in [5.41, 5.74) is 6.80. The Labute approximate surface area is 75.3 Å². The van der Waals surface area contributed by atoms with Crippen LogP contribution in [0.15, 0.2) is 29.0 Å². The number of nitrogens with two attached hydrogens (primary N) is 1. The van der Waals surface area contributed by atoms with E-state index in [1.807, 2.05) is 18.2 Å². The van der Waals surface area contributed by atoms with E-state index in [0.717, 1.165) is 5.52 Å². The molecular formula is C9H10N2O2. The van der Waals surface area contributed by atoms with Gasteiger partial charge in [0, 0.05) is 6.54 Å². The SMILES string of the molecule is NCCOc1cccc2ncoc12. The number of oxazole rings is 1. The van der Waals surface area contributed by atoms with Gasteiger partial charge in [0.1, 0.15) is 12.1 Å². The predicted molar refractivity (Wildman–Crippen MR) is 48.6 cm³/mol. The van der Waals surface area contributed by atoms with Crippen molar-refractivity contribution in [2.45, 2.75) is 0 Å². The van der Waals surface area contributed by atoms with Gasteiger partial charge in [0.2, 0.25) is 0 Å². The Bertz CT molecular complexity index is 397. The Morgan fingerprint density at radius 1 is 1.46 bits per heavy atom. The molecule has 0 radical (unpaired) electrons. The van der Waals surface area contributed by atoms with Crippen LogP contribution in [0.4, 0.5) is 0 Å². The molecule has 1 heterocycles. The molecule has 2 aromatic rings. The van der Waals surface area contributed by atoms with Crippen molar-refractivity contribution >= 4 is 11.1 Å². The summed E-state index contributed by atoms with van der Waals surface area (Å²) in [6, 6.07) is 5.58. The van der Waals surface area contributed by atoms with Crippen molar-refractivity contribution in [3.8, 4) is 5.75 Å². The van der Waals surface area contributed by atoms with Crippen LogP contribution >= 0.6 is 0 Å². The van der Waals surface area contributed by atoms with Gasteiger partial charge in [0.15, 0.2) is 17.7 Å². The number of ether oxygens (including phenoxy) is 1. The van der Waals surface area contributed by atoms with Crippen LogP contribution in [-0.2, 0) is 0 Å². The van der Waals surface area contributed by atoms with E-state index in [0.29, 0.717) is 24.5 Å². The number of benzene rings is 1. The van der Waals surface area contributed by atoms with E-state index in [4.69, 9.17) is 14.9 Å². The van der Waals surface area contributed by atoms with Crippen molar-refractivity contribution in [1.82, 2.24) is 4.98 Å². The summed E-state index contributed by atoms with van der Waals surface area (Å²) in [6.45, 7) is 0.977. The Morgan fingerprint density at radius 3 is 3.23 bits per heavy atom. The summed E-state index contributed by atoms with van der Waals surface area (Å²) in [4.78, 5) is 4.01. The molecule has 0 atom stereocenters. The maximum Gasteiger partial charge on any atom is 0.196 e. The van der Waals surface area contributed by atoms with Gasteiger partial charge in [0.25, 0.3) is 0 Å². The zero-order chi connectivity index (χ0) is 9.10. The van der Waals surface area contributed by atoms with Gasteiger partial charge in [-0.25, -0.2) is 4.98 Å². The first-order chi connectivity index (χ1) is 6.42. The van der Waals surface area contributed by atoms with Crippen molar-refractivity contribution in [2.75, 3.05) is 13.2 Å². The highest BCUT2D eigenvalue weighted by Crippen LogP contribution is 2.23. The van der Waals surface area contributed by atoms with Gasteiger partial charge in [-0.3, -0.25) is 0 Å². The second-order valence-corrected chi connectivity index (χ2v) is 2.59. The molecule has 0 unspecified atom stereocenters. The van der Waals surface area contributed by atoms with Crippen LogP contribution < -0.4 is 10.5 Å². The van der Waals surface area contributed by atoms with E-state index >= 15 is 0 Å². The molecule has 68 valence electrons. The van der Waals surface area contributed by atoms with E-state index in [-0.39, 0.29) is 0 Å². The fourth-order valence-electron chi connectivity index (χ4n) is 1.14. The lowest BCUT2D eigenvalue weighted by Crippen LogP contribution is -2.10. The highest BCUT2D eigenvalue weighted by Gasteiger charge is 2.04. The predicted octanol–water partition coefficient (Wildman–Crippen LogP) is 1.17. The highest BCUT2D eigenvalue weighted by atomic mass is 16.5. The number of hydrogen-bond acceptors (Lipinski definition) is 4. The summed E-state index contributed by atoms with van der Waals surface area (Å²) in [6.07, 6.45) is 1.40. The molecule has 0 saturated heterocycles. The van der Waals surface area contributed by atoms with Gasteiger partial charge >= 0.3 is 0 Å². The summed E-state index contributed by atoms with van der Waals surface area (Å²) in [7, 11) is 0. The van der Waals surface area contributed by atoms with E-state index in [1.54, 1.807) is 0 Å². The van der Waals surface area contributed by atoms with Gasteiger partial charge in [0.05, 0.1) is 0 Å². The normalized spacial score (nSPS) is 10.5. The monoisotopic (exact) mass is 178 g/mol. The molecular weight excluding hydrogens is 168 g/mol. The summed E-state index contributed by atoms with van der Waals surface area (Å²) in [5.74, 6) is 0.695. The van der Waals surface area contributed by atoms with E-state index < -0.39 is 0 Å². The van der Waals surface area contributed by atoms with Crippen LogP contribution in [-0.4, -0.2) is 18.1 Å². The van der Waals surface area contributed by atoms with Crippen molar-refractivity contribution in [3.63, 3.8) is 0 Å². The number of rotatable bonds is 3. The van der Waals surface area contributed by atoms with E-state index in [2.05, 4.69) is 4.98 Å². The fraction of sp³-hybridized carbons (Fsp3) is 0.222. The number of fused-ring (bicyclic) bond motifs is 1. The third-order valence-electron chi connectivity index (χ3n) is 1.70. The van der Waals surface area contributed by atoms with Crippen LogP contribution in [0.2, 0.25) is 0 Å². The molecule has 0 amide bonds. The second-order valence-electron chi connectivity index (χ2n) is 2.59. The smallest absolute Gasteiger partial charge is 0.196 e. The molecule has 0 bridgehead atoms. The molecule has 4 heteroatoms. The fourth-order valence-corrected chi connectivity index (χ4v) is 1.14. The van der Waals surface area contributed by atoms with Crippen molar-refractivity contribution in [3.05, 3.63) is 24.6 Å². The number of nitrogens with zero attached hydrogens (tertiary/aromatic N) is 1. The Balaban J connectivity index is 2.37. The van der Waals surface area contributed by atoms with Crippen LogP contribution in [0.1, 0.15) is 0 Å². The van der Waals surface area contributed by atoms with Crippen LogP contribution in [0.25, 0.3) is 11.1 Å². The minimum Gasteiger partial charge on any atom is -0.488 e. The van der Waals surface area contributed by atoms with Gasteiger partial charge in [-0.1, -0.05) is 6.07 Å². The van der Waals surface area contributed by atoms with Crippen LogP contribution in [0, 0.1) is 0 Å². The number of aromatic nitrogens is 1. The third kappa shape index (κ3) is 1.48. The quantitative estimate of drug-likeness (QED) is 0.766. The second kappa shape index (κ2) is 3.45. The minimum absolute atomic E-state index is 0.486. The van der Waals surface area contributed by atoms with E-state index in [1.165, 1.54) is 6.39 Å². The Hall–Kier alpha value is -1.55. The molecule has 0 fully saturated rings. The lowest BCUT2D eigenvalue weighted by atomic mass is 10.3. The van der Waals surface area contributed by atoms with Gasteiger partial charge in [-0.15, -0.1) is 0 Å². The molecule has 0 aliphatic heterocycles. The Morgan fingerprint density at radius 2 is 2.38 bits per heavy atom. The van der Waals surface area contributed by atoms with E-state index in [9.17, 15) is 0 Å². The number of hydrogen-bond donors (Lipinski definition) is 1. The molecule has 0 aliphatic carbocycles. The van der Waals surface area contributed by atoms with Gasteiger partial charge < -0.3 is 14.9 Å². The zero-order valence-corrected chi connectivity index (χ0v) is 7.06. The summed E-state index contributed by atoms with van der Waals surface area (Å²) < 4.78 is 10.5. The topological polar surface area (TPSA) is 61.3 Å². The van der Waals surface area contributed by atoms with Gasteiger partial charge in [-0.2, -0.15) is 0 Å². The van der Waals surface area contributed by atoms with Crippen molar-refractivity contribution in [1.29, 1.82) is 0 Å². The third-order valence-corrected chi connectivity index (χ3v) is 1.70. The zero-order valence-electron chi connectivity index (χ0n) is 7.06. The maximum absolute atomic E-state index is 5.37. The summed E-state index contributed by atoms with van der Waals surface area (Å²) >= 11 is 0. The molecule has 0 spiro atoms. The lowest BCUT2D eigenvalue weighted by molar-refractivity contribution is 0.327. The molecule has 0 saturated carbocycles. The first kappa shape index (κ1) is 8.07. The minimum atomic E-state index is 0.486. The molecule has 2 rings (SSSR count). The molecule has 2 N–H and O–H groups in total. The van der Waals surface area contributed by atoms with Crippen molar-refractivity contribution < 1.29 is 9.15 Å². The molecule has 1 aromatic carbocycles. The first-order valence-electron chi connectivity index (χ1n) is 4.07. The maximum atomic E-state index is 5.37. The average molecular weight is 178 g/mol. The summed E-state index contributed by atoms with van der Waals surface area (Å²) in [5, 5.41) is 0. The largest absolute Gasteiger partial charge is 0.488 e. The average Bonchev–Trinajstić information content (AvgIpc) is 2.62. The first-order valence-corrected chi connectivity index (χ1v) is 4.07. The molecule has 1 aromatic heterocycles. The molecule has 0 aliphatic rings. The Kier molecular flexibility index (Phi) is 2.14. The van der Waals surface area contributed by atoms with Gasteiger partial charge in [-0.05, 0) is 12.1 Å². The molecule has 4 nitrogen and oxygen atoms in total. The van der Waals surface area contributed by atoms with Crippen molar-refractivity contribution in [2.24, 2.45) is 5.73 Å². The highest BCUT2D eigenvalue weighted by molar-refractivity contribution is 5.78. The standard InChI is InChI=1S/C9H10N2O2/c10-4-5-12-8-3-1-2-7-9(8)13-6-11-7/h1-3,6H,4-5,10H2. The molecule has 13 heavy (non-hydrogen) atoms. The number of para-hydroxylation sites is 1.